The van der Waals surface area contributed by atoms with Crippen LogP contribution in [0.1, 0.15) is 37.0 Å². The smallest absolute Gasteiger partial charge is 0.214 e. The fourth-order valence-corrected chi connectivity index (χ4v) is 4.74. The van der Waals surface area contributed by atoms with Crippen LogP contribution in [0, 0.1) is 12.8 Å². The molecule has 0 bridgehead atoms. The third kappa shape index (κ3) is 7.63. The number of hydrogen-bond acceptors (Lipinski definition) is 3. The Labute approximate surface area is 174 Å². The third-order valence-corrected chi connectivity index (χ3v) is 6.72. The van der Waals surface area contributed by atoms with E-state index < -0.39 is 10.0 Å². The quantitative estimate of drug-likeness (QED) is 0.529. The molecule has 2 aromatic rings. The van der Waals surface area contributed by atoms with Crippen molar-refractivity contribution in [2.45, 2.75) is 40.3 Å². The van der Waals surface area contributed by atoms with Crippen LogP contribution in [0.3, 0.4) is 0 Å². The van der Waals surface area contributed by atoms with E-state index >= 15 is 0 Å². The maximum absolute atomic E-state index is 13.2. The molecule has 0 saturated carbocycles. The average molecular weight is 420 g/mol. The number of ether oxygens (including phenoxy) is 1. The molecule has 2 aromatic carbocycles. The fraction of sp³-hybridized carbons (Fsp3) is 0.391. The van der Waals surface area contributed by atoms with Crippen molar-refractivity contribution in [2.75, 3.05) is 12.9 Å². The summed E-state index contributed by atoms with van der Waals surface area (Å²) in [6.45, 7) is 5.75. The second-order valence-electron chi connectivity index (χ2n) is 7.51. The summed E-state index contributed by atoms with van der Waals surface area (Å²) in [6.07, 6.45) is 1.83. The van der Waals surface area contributed by atoms with E-state index in [-0.39, 0.29) is 24.0 Å². The Hall–Kier alpha value is -2.18. The highest BCUT2D eigenvalue weighted by Gasteiger charge is 2.25. The molecule has 0 heterocycles. The molecule has 0 N–H and O–H groups in total. The van der Waals surface area contributed by atoms with Crippen LogP contribution in [0.2, 0.25) is 0 Å². The maximum Gasteiger partial charge on any atom is 0.214 e. The Bertz CT molecular complexity index is 902. The summed E-state index contributed by atoms with van der Waals surface area (Å²) < 4.78 is 46.0. The van der Waals surface area contributed by atoms with E-state index in [1.165, 1.54) is 17.3 Å². The van der Waals surface area contributed by atoms with Gasteiger partial charge in [0, 0.05) is 13.1 Å². The van der Waals surface area contributed by atoms with Crippen molar-refractivity contribution in [3.05, 3.63) is 77.1 Å². The molecule has 4 nitrogen and oxygen atoms in total. The zero-order valence-corrected chi connectivity index (χ0v) is 18.4. The summed E-state index contributed by atoms with van der Waals surface area (Å²) in [5, 5.41) is 0. The predicted octanol–water partition coefficient (Wildman–Crippen LogP) is 5.24. The van der Waals surface area contributed by atoms with Gasteiger partial charge < -0.3 is 4.74 Å². The van der Waals surface area contributed by atoms with Crippen molar-refractivity contribution in [1.29, 1.82) is 0 Å². The van der Waals surface area contributed by atoms with Gasteiger partial charge in [-0.05, 0) is 49.4 Å². The van der Waals surface area contributed by atoms with Gasteiger partial charge in [0.05, 0.1) is 18.7 Å². The van der Waals surface area contributed by atoms with E-state index in [1.807, 2.05) is 62.4 Å². The number of halogens is 1. The molecule has 0 fully saturated rings. The monoisotopic (exact) mass is 419 g/mol. The minimum absolute atomic E-state index is 0.0290. The molecule has 29 heavy (non-hydrogen) atoms. The van der Waals surface area contributed by atoms with Crippen LogP contribution in [0.5, 0.6) is 5.75 Å². The van der Waals surface area contributed by atoms with Gasteiger partial charge >= 0.3 is 0 Å². The van der Waals surface area contributed by atoms with Gasteiger partial charge in [-0.15, -0.1) is 0 Å². The Kier molecular flexibility index (Phi) is 8.41. The molecule has 0 aliphatic heterocycles. The van der Waals surface area contributed by atoms with E-state index in [1.54, 1.807) is 7.11 Å². The van der Waals surface area contributed by atoms with Gasteiger partial charge in [0.2, 0.25) is 10.0 Å². The molecule has 1 atom stereocenters. The van der Waals surface area contributed by atoms with Crippen molar-refractivity contribution in [2.24, 2.45) is 5.92 Å². The number of benzene rings is 2. The standard InChI is InChI=1S/C23H30FNO3S/c1-18-6-9-21(10-7-18)15-25(16-22-11-13-23(28-4)14-12-22)29(26,27)17-19(2)5-8-20(3)24/h6-14,19H,5,15-17H2,1-4H3/b20-8-/t19-/m0/s1. The lowest BCUT2D eigenvalue weighted by atomic mass is 10.1. The van der Waals surface area contributed by atoms with Crippen LogP contribution >= 0.6 is 0 Å². The minimum atomic E-state index is -3.54. The lowest BCUT2D eigenvalue weighted by molar-refractivity contribution is 0.394. The highest BCUT2D eigenvalue weighted by Crippen LogP contribution is 2.20. The van der Waals surface area contributed by atoms with Gasteiger partial charge in [-0.1, -0.05) is 55.0 Å². The van der Waals surface area contributed by atoms with Crippen molar-refractivity contribution in [3.63, 3.8) is 0 Å². The zero-order valence-electron chi connectivity index (χ0n) is 17.6. The topological polar surface area (TPSA) is 46.6 Å². The van der Waals surface area contributed by atoms with Crippen LogP contribution in [-0.2, 0) is 23.1 Å². The number of aryl methyl sites for hydroxylation is 1. The molecular formula is C23H30FNO3S. The molecule has 2 rings (SSSR count). The first-order valence-electron chi connectivity index (χ1n) is 9.68. The van der Waals surface area contributed by atoms with Gasteiger partial charge in [0.25, 0.3) is 0 Å². The largest absolute Gasteiger partial charge is 0.497 e. The van der Waals surface area contributed by atoms with Gasteiger partial charge in [-0.25, -0.2) is 12.8 Å². The second kappa shape index (κ2) is 10.6. The third-order valence-electron chi connectivity index (χ3n) is 4.69. The lowest BCUT2D eigenvalue weighted by Gasteiger charge is -2.24. The van der Waals surface area contributed by atoms with Gasteiger partial charge in [0.15, 0.2) is 0 Å². The lowest BCUT2D eigenvalue weighted by Crippen LogP contribution is -2.34. The highest BCUT2D eigenvalue weighted by atomic mass is 32.2. The Morgan fingerprint density at radius 3 is 2.07 bits per heavy atom. The molecule has 0 radical (unpaired) electrons. The van der Waals surface area contributed by atoms with Crippen molar-refractivity contribution >= 4 is 10.0 Å². The maximum atomic E-state index is 13.2. The summed E-state index contributed by atoms with van der Waals surface area (Å²) >= 11 is 0. The molecule has 0 aromatic heterocycles. The Morgan fingerprint density at radius 1 is 1.07 bits per heavy atom. The average Bonchev–Trinajstić information content (AvgIpc) is 2.67. The zero-order chi connectivity index (χ0) is 21.4. The SMILES string of the molecule is COc1ccc(CN(Cc2ccc(C)cc2)S(=O)(=O)C[C@@H](C)C/C=C(/C)F)cc1. The number of hydrogen-bond donors (Lipinski definition) is 0. The summed E-state index contributed by atoms with van der Waals surface area (Å²) in [6, 6.07) is 15.2. The summed E-state index contributed by atoms with van der Waals surface area (Å²) in [7, 11) is -1.95. The first-order chi connectivity index (χ1) is 13.7. The first-order valence-corrected chi connectivity index (χ1v) is 11.3. The molecule has 0 amide bonds. The van der Waals surface area contributed by atoms with Crippen LogP contribution in [0.4, 0.5) is 4.39 Å². The van der Waals surface area contributed by atoms with Crippen LogP contribution in [-0.4, -0.2) is 25.6 Å². The number of methoxy groups -OCH3 is 1. The van der Waals surface area contributed by atoms with Crippen molar-refractivity contribution in [3.8, 4) is 5.75 Å². The first kappa shape index (κ1) is 23.1. The number of nitrogens with zero attached hydrogens (tertiary/aromatic N) is 1. The summed E-state index contributed by atoms with van der Waals surface area (Å²) in [5.74, 6) is 0.230. The molecule has 0 unspecified atom stereocenters. The van der Waals surface area contributed by atoms with Crippen LogP contribution in [0.15, 0.2) is 60.4 Å². The second-order valence-corrected chi connectivity index (χ2v) is 9.53. The molecule has 0 spiro atoms. The predicted molar refractivity (Wildman–Crippen MR) is 116 cm³/mol. The van der Waals surface area contributed by atoms with Crippen LogP contribution in [0.25, 0.3) is 0 Å². The van der Waals surface area contributed by atoms with Gasteiger partial charge in [0.1, 0.15) is 5.75 Å². The number of allylic oxidation sites excluding steroid dienone is 2. The van der Waals surface area contributed by atoms with Gasteiger partial charge in [-0.3, -0.25) is 0 Å². The normalized spacial score (nSPS) is 13.5. The summed E-state index contributed by atoms with van der Waals surface area (Å²) in [5.41, 5.74) is 2.94. The van der Waals surface area contributed by atoms with E-state index in [9.17, 15) is 12.8 Å². The molecule has 0 aliphatic rings. The van der Waals surface area contributed by atoms with Crippen molar-refractivity contribution in [1.82, 2.24) is 4.31 Å². The van der Waals surface area contributed by atoms with E-state index in [4.69, 9.17) is 4.74 Å². The van der Waals surface area contributed by atoms with E-state index in [0.29, 0.717) is 13.0 Å². The molecule has 0 aliphatic carbocycles. The van der Waals surface area contributed by atoms with E-state index in [2.05, 4.69) is 0 Å². The molecular weight excluding hydrogens is 389 g/mol. The van der Waals surface area contributed by atoms with E-state index in [0.717, 1.165) is 22.4 Å². The van der Waals surface area contributed by atoms with Crippen molar-refractivity contribution < 1.29 is 17.5 Å². The van der Waals surface area contributed by atoms with Crippen LogP contribution < -0.4 is 4.74 Å². The molecule has 0 saturated heterocycles. The highest BCUT2D eigenvalue weighted by molar-refractivity contribution is 7.89. The minimum Gasteiger partial charge on any atom is -0.497 e. The number of sulfonamides is 1. The van der Waals surface area contributed by atoms with Gasteiger partial charge in [-0.2, -0.15) is 4.31 Å². The molecule has 158 valence electrons. The Balaban J connectivity index is 2.23. The Morgan fingerprint density at radius 2 is 1.59 bits per heavy atom. The number of rotatable bonds is 10. The fourth-order valence-electron chi connectivity index (χ4n) is 2.98. The molecule has 6 heteroatoms. The summed E-state index contributed by atoms with van der Waals surface area (Å²) in [4.78, 5) is 0.